The van der Waals surface area contributed by atoms with Crippen LogP contribution in [0.4, 0.5) is 0 Å². The van der Waals surface area contributed by atoms with Crippen LogP contribution < -0.4 is 10.6 Å². The lowest BCUT2D eigenvalue weighted by Crippen LogP contribution is -2.44. The van der Waals surface area contributed by atoms with E-state index in [1.807, 2.05) is 0 Å². The van der Waals surface area contributed by atoms with Gasteiger partial charge in [-0.1, -0.05) is 38.1 Å². The average Bonchev–Trinajstić information content (AvgIpc) is 2.47. The first kappa shape index (κ1) is 21.2. The summed E-state index contributed by atoms with van der Waals surface area (Å²) in [7, 11) is 3.52. The number of aryl methyl sites for hydroxylation is 1. The van der Waals surface area contributed by atoms with Gasteiger partial charge in [-0.15, -0.1) is 24.0 Å². The van der Waals surface area contributed by atoms with Gasteiger partial charge in [0.25, 0.3) is 0 Å². The molecule has 0 aliphatic carbocycles. The van der Waals surface area contributed by atoms with Crippen molar-refractivity contribution in [3.8, 4) is 0 Å². The van der Waals surface area contributed by atoms with Gasteiger partial charge in [0, 0.05) is 39.3 Å². The largest absolute Gasteiger partial charge is 0.385 e. The fraction of sp³-hybridized carbons (Fsp3) is 0.588. The zero-order valence-corrected chi connectivity index (χ0v) is 16.7. The summed E-state index contributed by atoms with van der Waals surface area (Å²) in [5.41, 5.74) is 2.75. The second-order valence-corrected chi connectivity index (χ2v) is 5.90. The highest BCUT2D eigenvalue weighted by molar-refractivity contribution is 14.0. The van der Waals surface area contributed by atoms with E-state index in [-0.39, 0.29) is 29.4 Å². The molecule has 1 aromatic carbocycles. The van der Waals surface area contributed by atoms with Crippen LogP contribution in [0.2, 0.25) is 0 Å². The summed E-state index contributed by atoms with van der Waals surface area (Å²) in [6.45, 7) is 9.12. The second kappa shape index (κ2) is 10.8. The Labute approximate surface area is 152 Å². The van der Waals surface area contributed by atoms with Gasteiger partial charge in [0.2, 0.25) is 0 Å². The van der Waals surface area contributed by atoms with E-state index in [4.69, 9.17) is 4.74 Å². The molecule has 0 saturated carbocycles. The molecule has 0 radical (unpaired) electrons. The number of rotatable bonds is 7. The third kappa shape index (κ3) is 6.96. The Bertz CT molecular complexity index is 461. The Morgan fingerprint density at radius 1 is 1.23 bits per heavy atom. The Kier molecular flexibility index (Phi) is 10.4. The minimum absolute atomic E-state index is 0. The predicted molar refractivity (Wildman–Crippen MR) is 105 cm³/mol. The van der Waals surface area contributed by atoms with Crippen LogP contribution in [0.25, 0.3) is 0 Å². The highest BCUT2D eigenvalue weighted by Gasteiger charge is 2.22. The van der Waals surface area contributed by atoms with Gasteiger partial charge in [-0.05, 0) is 24.5 Å². The molecule has 5 heteroatoms. The molecule has 22 heavy (non-hydrogen) atoms. The standard InChI is InChI=1S/C17H29N3O.HI/c1-14-9-6-7-10-15(14)17(2,3)13-20-16(18-4)19-11-8-12-21-5;/h6-7,9-10H,8,11-13H2,1-5H3,(H2,18,19,20);1H. The Morgan fingerprint density at radius 2 is 1.91 bits per heavy atom. The van der Waals surface area contributed by atoms with E-state index in [9.17, 15) is 0 Å². The maximum absolute atomic E-state index is 5.04. The van der Waals surface area contributed by atoms with Gasteiger partial charge in [-0.2, -0.15) is 0 Å². The zero-order chi connectivity index (χ0) is 15.7. The number of methoxy groups -OCH3 is 1. The number of guanidine groups is 1. The summed E-state index contributed by atoms with van der Waals surface area (Å²) in [5.74, 6) is 0.841. The topological polar surface area (TPSA) is 45.7 Å². The van der Waals surface area contributed by atoms with Crippen LogP contribution in [0.1, 0.15) is 31.4 Å². The van der Waals surface area contributed by atoms with Crippen molar-refractivity contribution < 1.29 is 4.74 Å². The molecule has 2 N–H and O–H groups in total. The number of aliphatic imine (C=N–C) groups is 1. The van der Waals surface area contributed by atoms with E-state index in [1.165, 1.54) is 11.1 Å². The number of nitrogens with zero attached hydrogens (tertiary/aromatic N) is 1. The van der Waals surface area contributed by atoms with Gasteiger partial charge < -0.3 is 15.4 Å². The molecule has 0 unspecified atom stereocenters. The van der Waals surface area contributed by atoms with Crippen molar-refractivity contribution in [2.75, 3.05) is 33.9 Å². The van der Waals surface area contributed by atoms with Crippen molar-refractivity contribution in [3.05, 3.63) is 35.4 Å². The highest BCUT2D eigenvalue weighted by atomic mass is 127. The second-order valence-electron chi connectivity index (χ2n) is 5.90. The SMILES string of the molecule is CN=C(NCCCOC)NCC(C)(C)c1ccccc1C.I. The molecular weight excluding hydrogens is 389 g/mol. The fourth-order valence-electron chi connectivity index (χ4n) is 2.38. The zero-order valence-electron chi connectivity index (χ0n) is 14.4. The molecule has 0 atom stereocenters. The van der Waals surface area contributed by atoms with Crippen molar-refractivity contribution in [2.24, 2.45) is 4.99 Å². The molecular formula is C17H30IN3O. The number of halogens is 1. The average molecular weight is 419 g/mol. The van der Waals surface area contributed by atoms with Crippen LogP contribution in [-0.2, 0) is 10.2 Å². The molecule has 0 fully saturated rings. The first-order chi connectivity index (χ1) is 10.0. The molecule has 0 spiro atoms. The van der Waals surface area contributed by atoms with Gasteiger partial charge in [-0.3, -0.25) is 4.99 Å². The Morgan fingerprint density at radius 3 is 2.50 bits per heavy atom. The molecule has 0 saturated heterocycles. The van der Waals surface area contributed by atoms with Gasteiger partial charge >= 0.3 is 0 Å². The van der Waals surface area contributed by atoms with Crippen LogP contribution in [0.3, 0.4) is 0 Å². The molecule has 0 aliphatic heterocycles. The first-order valence-electron chi connectivity index (χ1n) is 7.51. The van der Waals surface area contributed by atoms with Crippen LogP contribution in [-0.4, -0.2) is 39.8 Å². The normalized spacial score (nSPS) is 11.8. The lowest BCUT2D eigenvalue weighted by molar-refractivity contribution is 0.195. The number of nitrogens with one attached hydrogen (secondary N) is 2. The van der Waals surface area contributed by atoms with Crippen molar-refractivity contribution in [1.82, 2.24) is 10.6 Å². The third-order valence-electron chi connectivity index (χ3n) is 3.61. The van der Waals surface area contributed by atoms with Gasteiger partial charge in [0.1, 0.15) is 0 Å². The van der Waals surface area contributed by atoms with E-state index in [0.29, 0.717) is 0 Å². The molecule has 4 nitrogen and oxygen atoms in total. The van der Waals surface area contributed by atoms with Crippen molar-refractivity contribution in [1.29, 1.82) is 0 Å². The summed E-state index contributed by atoms with van der Waals surface area (Å²) >= 11 is 0. The minimum Gasteiger partial charge on any atom is -0.385 e. The molecule has 0 heterocycles. The predicted octanol–water partition coefficient (Wildman–Crippen LogP) is 3.09. The molecule has 1 aromatic rings. The lowest BCUT2D eigenvalue weighted by Gasteiger charge is -2.28. The van der Waals surface area contributed by atoms with E-state index < -0.39 is 0 Å². The van der Waals surface area contributed by atoms with Crippen molar-refractivity contribution in [2.45, 2.75) is 32.6 Å². The van der Waals surface area contributed by atoms with Gasteiger partial charge in [0.15, 0.2) is 5.96 Å². The fourth-order valence-corrected chi connectivity index (χ4v) is 2.38. The highest BCUT2D eigenvalue weighted by Crippen LogP contribution is 2.25. The molecule has 0 aliphatic rings. The first-order valence-corrected chi connectivity index (χ1v) is 7.51. The Hall–Kier alpha value is -0.820. The minimum atomic E-state index is 0. The van der Waals surface area contributed by atoms with Crippen LogP contribution >= 0.6 is 24.0 Å². The van der Waals surface area contributed by atoms with Gasteiger partial charge in [0.05, 0.1) is 0 Å². The maximum atomic E-state index is 5.04. The van der Waals surface area contributed by atoms with E-state index in [1.54, 1.807) is 14.2 Å². The summed E-state index contributed by atoms with van der Waals surface area (Å²) in [6, 6.07) is 8.54. The summed E-state index contributed by atoms with van der Waals surface area (Å²) in [5, 5.41) is 6.71. The summed E-state index contributed by atoms with van der Waals surface area (Å²) in [4.78, 5) is 4.26. The quantitative estimate of drug-likeness (QED) is 0.309. The van der Waals surface area contributed by atoms with Crippen LogP contribution in [0, 0.1) is 6.92 Å². The summed E-state index contributed by atoms with van der Waals surface area (Å²) in [6.07, 6.45) is 0.971. The molecule has 0 aromatic heterocycles. The number of benzene rings is 1. The van der Waals surface area contributed by atoms with E-state index in [2.05, 4.69) is 60.7 Å². The third-order valence-corrected chi connectivity index (χ3v) is 3.61. The van der Waals surface area contributed by atoms with Crippen molar-refractivity contribution >= 4 is 29.9 Å². The lowest BCUT2D eigenvalue weighted by atomic mass is 9.82. The number of hydrogen-bond donors (Lipinski definition) is 2. The molecule has 0 amide bonds. The molecule has 126 valence electrons. The van der Waals surface area contributed by atoms with Crippen LogP contribution in [0.15, 0.2) is 29.3 Å². The number of ether oxygens (including phenoxy) is 1. The van der Waals surface area contributed by atoms with Crippen molar-refractivity contribution in [3.63, 3.8) is 0 Å². The van der Waals surface area contributed by atoms with Crippen LogP contribution in [0.5, 0.6) is 0 Å². The monoisotopic (exact) mass is 419 g/mol. The van der Waals surface area contributed by atoms with E-state index in [0.717, 1.165) is 32.1 Å². The number of hydrogen-bond acceptors (Lipinski definition) is 2. The molecule has 0 bridgehead atoms. The summed E-state index contributed by atoms with van der Waals surface area (Å²) < 4.78 is 5.04. The molecule has 1 rings (SSSR count). The smallest absolute Gasteiger partial charge is 0.191 e. The Balaban J connectivity index is 0.00000441. The maximum Gasteiger partial charge on any atom is 0.191 e. The van der Waals surface area contributed by atoms with Gasteiger partial charge in [-0.25, -0.2) is 0 Å². The van der Waals surface area contributed by atoms with E-state index >= 15 is 0 Å².